The molecule has 3 aromatic rings. The van der Waals surface area contributed by atoms with E-state index in [1.807, 2.05) is 6.07 Å². The third-order valence-corrected chi connectivity index (χ3v) is 8.69. The van der Waals surface area contributed by atoms with Crippen LogP contribution in [0.5, 0.6) is 5.88 Å². The number of ether oxygens (including phenoxy) is 1. The Morgan fingerprint density at radius 1 is 1.03 bits per heavy atom. The first kappa shape index (κ1) is 24.6. The highest BCUT2D eigenvalue weighted by atomic mass is 19.1. The summed E-state index contributed by atoms with van der Waals surface area (Å²) >= 11 is 0. The Kier molecular flexibility index (Phi) is 7.04. The number of fused-ring (bicyclic) bond motifs is 2. The van der Waals surface area contributed by atoms with E-state index in [2.05, 4.69) is 45.8 Å². The average Bonchev–Trinajstić information content (AvgIpc) is 3.32. The number of aromatic nitrogens is 2. The topological polar surface area (TPSA) is 57.9 Å². The molecule has 0 spiro atoms. The summed E-state index contributed by atoms with van der Waals surface area (Å²) in [6.07, 6.45) is 6.11. The maximum Gasteiger partial charge on any atom is 0.213 e. The molecular weight excluding hydrogens is 469 g/mol. The first-order valence-electron chi connectivity index (χ1n) is 13.9. The van der Waals surface area contributed by atoms with Crippen LogP contribution in [0.1, 0.15) is 51.6 Å². The molecule has 0 aliphatic carbocycles. The second-order valence-corrected chi connectivity index (χ2v) is 11.3. The van der Waals surface area contributed by atoms with Crippen molar-refractivity contribution < 1.29 is 13.7 Å². The van der Waals surface area contributed by atoms with Crippen LogP contribution in [0.4, 0.5) is 10.2 Å². The Hall–Kier alpha value is -2.71. The van der Waals surface area contributed by atoms with Crippen molar-refractivity contribution in [1.82, 2.24) is 19.9 Å². The molecule has 1 aromatic carbocycles. The lowest BCUT2D eigenvalue weighted by Crippen LogP contribution is -2.57. The van der Waals surface area contributed by atoms with E-state index in [0.29, 0.717) is 36.2 Å². The van der Waals surface area contributed by atoms with Crippen LogP contribution in [-0.2, 0) is 6.54 Å². The molecule has 7 nitrogen and oxygen atoms in total. The number of benzene rings is 1. The molecule has 3 aliphatic heterocycles. The van der Waals surface area contributed by atoms with Gasteiger partial charge in [-0.15, -0.1) is 0 Å². The number of likely N-dealkylation sites (tertiary alicyclic amines) is 1. The van der Waals surface area contributed by atoms with Crippen molar-refractivity contribution in [2.45, 2.75) is 70.6 Å². The number of rotatable bonds is 6. The van der Waals surface area contributed by atoms with Gasteiger partial charge in [-0.2, -0.15) is 0 Å². The van der Waals surface area contributed by atoms with Gasteiger partial charge in [-0.3, -0.25) is 9.80 Å². The van der Waals surface area contributed by atoms with Crippen LogP contribution < -0.4 is 9.64 Å². The molecule has 0 N–H and O–H groups in total. The minimum absolute atomic E-state index is 0.258. The minimum atomic E-state index is -0.258. The summed E-state index contributed by atoms with van der Waals surface area (Å²) in [5, 5.41) is 5.02. The van der Waals surface area contributed by atoms with E-state index in [0.717, 1.165) is 68.3 Å². The summed E-state index contributed by atoms with van der Waals surface area (Å²) in [6, 6.07) is 12.5. The fourth-order valence-corrected chi connectivity index (χ4v) is 6.52. The van der Waals surface area contributed by atoms with Crippen LogP contribution in [0, 0.1) is 11.7 Å². The molecule has 37 heavy (non-hydrogen) atoms. The molecule has 0 amide bonds. The summed E-state index contributed by atoms with van der Waals surface area (Å²) in [7, 11) is 0. The van der Waals surface area contributed by atoms with Crippen LogP contribution in [0.25, 0.3) is 11.0 Å². The minimum Gasteiger partial charge on any atom is -0.477 e. The van der Waals surface area contributed by atoms with Gasteiger partial charge in [0.2, 0.25) is 5.88 Å². The normalized spacial score (nSPS) is 27.4. The van der Waals surface area contributed by atoms with Crippen LogP contribution in [0.2, 0.25) is 0 Å². The quantitative estimate of drug-likeness (QED) is 0.460. The average molecular weight is 508 g/mol. The highest BCUT2D eigenvalue weighted by Crippen LogP contribution is 2.32. The Balaban J connectivity index is 1.02. The van der Waals surface area contributed by atoms with Crippen molar-refractivity contribution in [2.24, 2.45) is 5.92 Å². The van der Waals surface area contributed by atoms with E-state index in [1.165, 1.54) is 31.4 Å². The van der Waals surface area contributed by atoms with Crippen molar-refractivity contribution in [3.8, 4) is 5.88 Å². The fourth-order valence-electron chi connectivity index (χ4n) is 6.52. The van der Waals surface area contributed by atoms with E-state index in [1.54, 1.807) is 6.07 Å². The molecule has 0 radical (unpaired) electrons. The Labute approximate surface area is 218 Å². The number of anilines is 1. The van der Waals surface area contributed by atoms with Crippen LogP contribution in [0.15, 0.2) is 40.9 Å². The van der Waals surface area contributed by atoms with Gasteiger partial charge < -0.3 is 14.2 Å². The van der Waals surface area contributed by atoms with Gasteiger partial charge in [0.05, 0.1) is 17.7 Å². The number of pyridine rings is 1. The fraction of sp³-hybridized carbons (Fsp3) is 0.586. The lowest BCUT2D eigenvalue weighted by molar-refractivity contribution is 0.0712. The number of piperazine rings is 1. The number of halogens is 1. The van der Waals surface area contributed by atoms with Gasteiger partial charge in [0.15, 0.2) is 11.4 Å². The van der Waals surface area contributed by atoms with Gasteiger partial charge in [-0.25, -0.2) is 9.37 Å². The molecular formula is C29H38FN5O2. The predicted octanol–water partition coefficient (Wildman–Crippen LogP) is 5.10. The maximum absolute atomic E-state index is 13.8. The zero-order chi connectivity index (χ0) is 25.4. The molecule has 8 heteroatoms. The lowest BCUT2D eigenvalue weighted by atomic mass is 9.91. The number of nitrogens with zero attached hydrogens (tertiary/aromatic N) is 5. The van der Waals surface area contributed by atoms with Crippen LogP contribution >= 0.6 is 0 Å². The molecule has 3 fully saturated rings. The zero-order valence-corrected chi connectivity index (χ0v) is 22.0. The third-order valence-electron chi connectivity index (χ3n) is 8.69. The van der Waals surface area contributed by atoms with Gasteiger partial charge in [0.1, 0.15) is 5.82 Å². The summed E-state index contributed by atoms with van der Waals surface area (Å²) in [5.41, 5.74) is 1.73. The molecule has 3 saturated heterocycles. The van der Waals surface area contributed by atoms with E-state index in [4.69, 9.17) is 14.2 Å². The van der Waals surface area contributed by atoms with Crippen molar-refractivity contribution in [3.05, 3.63) is 47.9 Å². The van der Waals surface area contributed by atoms with Gasteiger partial charge in [-0.1, -0.05) is 17.6 Å². The van der Waals surface area contributed by atoms with Gasteiger partial charge in [0.25, 0.3) is 0 Å². The smallest absolute Gasteiger partial charge is 0.213 e. The van der Waals surface area contributed by atoms with Crippen molar-refractivity contribution >= 4 is 16.8 Å². The monoisotopic (exact) mass is 507 g/mol. The van der Waals surface area contributed by atoms with Gasteiger partial charge in [0, 0.05) is 62.8 Å². The molecule has 2 unspecified atom stereocenters. The summed E-state index contributed by atoms with van der Waals surface area (Å²) in [5.74, 6) is 1.75. The second kappa shape index (κ2) is 10.6. The predicted molar refractivity (Wildman–Crippen MR) is 142 cm³/mol. The first-order chi connectivity index (χ1) is 18.0. The van der Waals surface area contributed by atoms with Gasteiger partial charge >= 0.3 is 0 Å². The summed E-state index contributed by atoms with van der Waals surface area (Å²) < 4.78 is 25.5. The second-order valence-electron chi connectivity index (χ2n) is 11.3. The van der Waals surface area contributed by atoms with Crippen molar-refractivity contribution in [3.63, 3.8) is 0 Å². The van der Waals surface area contributed by atoms with Crippen molar-refractivity contribution in [2.75, 3.05) is 37.7 Å². The van der Waals surface area contributed by atoms with Crippen LogP contribution in [0.3, 0.4) is 0 Å². The Morgan fingerprint density at radius 3 is 2.76 bits per heavy atom. The highest BCUT2D eigenvalue weighted by Gasteiger charge is 2.34. The molecule has 198 valence electrons. The largest absolute Gasteiger partial charge is 0.477 e. The zero-order valence-electron chi connectivity index (χ0n) is 22.0. The first-order valence-corrected chi connectivity index (χ1v) is 13.9. The summed E-state index contributed by atoms with van der Waals surface area (Å²) in [6.45, 7) is 10.0. The molecule has 2 aromatic heterocycles. The summed E-state index contributed by atoms with van der Waals surface area (Å²) in [4.78, 5) is 12.3. The molecule has 0 bridgehead atoms. The Bertz CT molecular complexity index is 1210. The standard InChI is InChI=1S/C29H38FN5O2/c1-20-5-3-6-21(2)35(20)17-24-7-4-8-28(31-24)36-19-22-9-11-25-18-34(14-13-33(25)16-22)29-26-15-23(30)10-12-27(26)37-32-29/h4,7-8,10,12,15,20-22,25H,3,5-6,9,11,13-14,16-19H2,1-2H3/t20?,21?,22-,25+/m1/s1. The molecule has 4 atom stereocenters. The van der Waals surface area contributed by atoms with Gasteiger partial charge in [-0.05, 0) is 63.8 Å². The van der Waals surface area contributed by atoms with Crippen LogP contribution in [-0.4, -0.2) is 70.9 Å². The van der Waals surface area contributed by atoms with E-state index in [9.17, 15) is 4.39 Å². The molecule has 5 heterocycles. The number of hydrogen-bond donors (Lipinski definition) is 0. The molecule has 0 saturated carbocycles. The number of piperidine rings is 2. The van der Waals surface area contributed by atoms with E-state index < -0.39 is 0 Å². The lowest BCUT2D eigenvalue weighted by Gasteiger charge is -2.46. The third kappa shape index (κ3) is 5.32. The molecule has 3 aliphatic rings. The van der Waals surface area contributed by atoms with Crippen molar-refractivity contribution in [1.29, 1.82) is 0 Å². The van der Waals surface area contributed by atoms with E-state index in [-0.39, 0.29) is 5.82 Å². The Morgan fingerprint density at radius 2 is 1.89 bits per heavy atom. The maximum atomic E-state index is 13.8. The van der Waals surface area contributed by atoms with E-state index >= 15 is 0 Å². The highest BCUT2D eigenvalue weighted by molar-refractivity contribution is 5.88. The SMILES string of the molecule is CC1CCCC(C)N1Cc1cccc(OC[C@@H]2CC[C@H]3CN(c4noc5ccc(F)cc45)CCN3C2)n1. The number of hydrogen-bond acceptors (Lipinski definition) is 7. The molecule has 6 rings (SSSR count).